The first-order valence-corrected chi connectivity index (χ1v) is 9.52. The molecule has 1 saturated heterocycles. The molecule has 0 radical (unpaired) electrons. The molecule has 0 aromatic heterocycles. The molecule has 0 aromatic carbocycles. The molecule has 1 fully saturated rings. The summed E-state index contributed by atoms with van der Waals surface area (Å²) < 4.78 is 2.37. The zero-order valence-corrected chi connectivity index (χ0v) is 13.6. The van der Waals surface area contributed by atoms with Crippen LogP contribution in [0.5, 0.6) is 0 Å². The maximum absolute atomic E-state index is 12.6. The Morgan fingerprint density at radius 3 is 1.89 bits per heavy atom. The number of rotatable bonds is 4. The molecule has 2 bridgehead atoms. The van der Waals surface area contributed by atoms with E-state index in [1.54, 1.807) is 0 Å². The van der Waals surface area contributed by atoms with Crippen molar-refractivity contribution in [1.82, 2.24) is 4.57 Å². The number of carbonyl (C=O) groups excluding carboxylic acids is 1. The first-order chi connectivity index (χ1) is 8.33. The van der Waals surface area contributed by atoms with E-state index < -0.39 is 8.24 Å². The Bertz CT molecular complexity index is 351. The fourth-order valence-electron chi connectivity index (χ4n) is 4.71. The highest BCUT2D eigenvalue weighted by Crippen LogP contribution is 2.49. The molecular formula is C15H27NOSi. The van der Waals surface area contributed by atoms with E-state index in [-0.39, 0.29) is 5.92 Å². The van der Waals surface area contributed by atoms with E-state index in [9.17, 15) is 4.79 Å². The van der Waals surface area contributed by atoms with Crippen LogP contribution < -0.4 is 0 Å². The lowest BCUT2D eigenvalue weighted by Gasteiger charge is -2.51. The summed E-state index contributed by atoms with van der Waals surface area (Å²) in [5, 5.41) is 0. The summed E-state index contributed by atoms with van der Waals surface area (Å²) >= 11 is 0. The molecule has 102 valence electrons. The van der Waals surface area contributed by atoms with E-state index in [1.807, 2.05) is 0 Å². The van der Waals surface area contributed by atoms with Gasteiger partial charge in [0.15, 0.2) is 8.24 Å². The van der Waals surface area contributed by atoms with Crippen molar-refractivity contribution < 1.29 is 4.79 Å². The summed E-state index contributed by atoms with van der Waals surface area (Å²) in [6, 6.07) is 0.404. The van der Waals surface area contributed by atoms with Crippen molar-refractivity contribution >= 4 is 14.1 Å². The van der Waals surface area contributed by atoms with Gasteiger partial charge in [-0.25, -0.2) is 0 Å². The Morgan fingerprint density at radius 2 is 1.56 bits per heavy atom. The second-order valence-corrected chi connectivity index (χ2v) is 12.6. The van der Waals surface area contributed by atoms with Crippen molar-refractivity contribution in [2.24, 2.45) is 5.92 Å². The molecule has 2 aliphatic rings. The molecule has 0 unspecified atom stereocenters. The Balaban J connectivity index is 2.48. The van der Waals surface area contributed by atoms with E-state index in [2.05, 4.69) is 58.3 Å². The van der Waals surface area contributed by atoms with E-state index >= 15 is 0 Å². The smallest absolute Gasteiger partial charge is 0.222 e. The third-order valence-corrected chi connectivity index (χ3v) is 12.1. The lowest BCUT2D eigenvalue weighted by atomic mass is 10.1. The highest BCUT2D eigenvalue weighted by molar-refractivity contribution is 6.83. The van der Waals surface area contributed by atoms with Crippen LogP contribution in [0.2, 0.25) is 16.6 Å². The second kappa shape index (κ2) is 4.51. The zero-order chi connectivity index (χ0) is 13.7. The Labute approximate surface area is 113 Å². The maximum Gasteiger partial charge on any atom is 0.222 e. The first kappa shape index (κ1) is 13.8. The summed E-state index contributed by atoms with van der Waals surface area (Å²) in [4.78, 5) is 12.6. The lowest BCUT2D eigenvalue weighted by molar-refractivity contribution is -0.127. The summed E-state index contributed by atoms with van der Waals surface area (Å²) in [7, 11) is -1.78. The van der Waals surface area contributed by atoms with Gasteiger partial charge in [0.1, 0.15) is 0 Å². The van der Waals surface area contributed by atoms with Gasteiger partial charge in [-0.15, -0.1) is 0 Å². The third-order valence-electron chi connectivity index (χ3n) is 5.14. The van der Waals surface area contributed by atoms with Crippen LogP contribution in [0, 0.1) is 5.92 Å². The molecule has 0 N–H and O–H groups in total. The average Bonchev–Trinajstić information content (AvgIpc) is 2.80. The lowest BCUT2D eigenvalue weighted by Crippen LogP contribution is -2.63. The molecule has 2 atom stereocenters. The molecule has 1 aliphatic carbocycles. The van der Waals surface area contributed by atoms with Gasteiger partial charge in [0.05, 0.1) is 5.92 Å². The molecule has 1 aliphatic heterocycles. The standard InChI is InChI=1S/C15H27NOSi/c1-10(2)18(11(3)4,12(5)6)16-14-8-7-13(9-14)15(16)17/h7-8,10-14H,9H2,1-6H3/t13-,14+/m1/s1. The van der Waals surface area contributed by atoms with Crippen LogP contribution in [0.25, 0.3) is 0 Å². The molecule has 0 aromatic rings. The number of fused-ring (bicyclic) bond motifs is 2. The monoisotopic (exact) mass is 265 g/mol. The van der Waals surface area contributed by atoms with Crippen LogP contribution in [0.4, 0.5) is 0 Å². The van der Waals surface area contributed by atoms with E-state index in [1.165, 1.54) is 0 Å². The number of amides is 1. The summed E-state index contributed by atoms with van der Waals surface area (Å²) in [6.07, 6.45) is 5.45. The van der Waals surface area contributed by atoms with Gasteiger partial charge in [0, 0.05) is 6.04 Å². The molecule has 2 rings (SSSR count). The fourth-order valence-corrected chi connectivity index (χ4v) is 11.7. The van der Waals surface area contributed by atoms with Crippen molar-refractivity contribution in [3.63, 3.8) is 0 Å². The first-order valence-electron chi connectivity index (χ1n) is 7.34. The molecule has 1 amide bonds. The predicted molar refractivity (Wildman–Crippen MR) is 78.9 cm³/mol. The Morgan fingerprint density at radius 1 is 1.06 bits per heavy atom. The van der Waals surface area contributed by atoms with Gasteiger partial charge in [0.25, 0.3) is 0 Å². The quantitative estimate of drug-likeness (QED) is 0.557. The molecule has 0 spiro atoms. The molecule has 0 saturated carbocycles. The van der Waals surface area contributed by atoms with Gasteiger partial charge in [0.2, 0.25) is 5.91 Å². The van der Waals surface area contributed by atoms with Crippen LogP contribution in [0.15, 0.2) is 12.2 Å². The Kier molecular flexibility index (Phi) is 3.47. The van der Waals surface area contributed by atoms with Gasteiger partial charge in [-0.05, 0) is 23.0 Å². The SMILES string of the molecule is CC(C)[Si](C(C)C)(C(C)C)N1C(=O)[C@@H]2C=C[C@H]1C2. The zero-order valence-electron chi connectivity index (χ0n) is 12.6. The van der Waals surface area contributed by atoms with Gasteiger partial charge in [-0.3, -0.25) is 4.79 Å². The highest BCUT2D eigenvalue weighted by atomic mass is 28.3. The predicted octanol–water partition coefficient (Wildman–Crippen LogP) is 3.95. The Hall–Kier alpha value is -0.573. The van der Waals surface area contributed by atoms with E-state index in [4.69, 9.17) is 0 Å². The molecule has 3 heteroatoms. The molecule has 2 nitrogen and oxygen atoms in total. The molecule has 18 heavy (non-hydrogen) atoms. The van der Waals surface area contributed by atoms with Gasteiger partial charge in [-0.2, -0.15) is 0 Å². The fraction of sp³-hybridized carbons (Fsp3) is 0.800. The van der Waals surface area contributed by atoms with E-state index in [0.29, 0.717) is 28.6 Å². The van der Waals surface area contributed by atoms with Crippen LogP contribution in [-0.2, 0) is 4.79 Å². The van der Waals surface area contributed by atoms with Gasteiger partial charge >= 0.3 is 0 Å². The summed E-state index contributed by atoms with van der Waals surface area (Å²) in [6.45, 7) is 14.0. The van der Waals surface area contributed by atoms with Crippen LogP contribution >= 0.6 is 0 Å². The van der Waals surface area contributed by atoms with E-state index in [0.717, 1.165) is 6.42 Å². The van der Waals surface area contributed by atoms with Gasteiger partial charge in [-0.1, -0.05) is 53.7 Å². The summed E-state index contributed by atoms with van der Waals surface area (Å²) in [5.41, 5.74) is 1.86. The van der Waals surface area contributed by atoms with Crippen LogP contribution in [0.1, 0.15) is 48.0 Å². The molecular weight excluding hydrogens is 238 g/mol. The largest absolute Gasteiger partial charge is 0.362 e. The highest BCUT2D eigenvalue weighted by Gasteiger charge is 2.57. The maximum atomic E-state index is 12.6. The van der Waals surface area contributed by atoms with Crippen LogP contribution in [-0.4, -0.2) is 24.7 Å². The summed E-state index contributed by atoms with van der Waals surface area (Å²) in [5.74, 6) is 0.614. The average molecular weight is 265 g/mol. The van der Waals surface area contributed by atoms with Gasteiger partial charge < -0.3 is 4.57 Å². The van der Waals surface area contributed by atoms with Crippen molar-refractivity contribution in [2.45, 2.75) is 70.6 Å². The third kappa shape index (κ3) is 1.63. The van der Waals surface area contributed by atoms with Crippen molar-refractivity contribution in [3.8, 4) is 0 Å². The normalized spacial score (nSPS) is 27.4. The minimum atomic E-state index is -1.78. The molecule has 1 heterocycles. The number of hydrogen-bond donors (Lipinski definition) is 0. The van der Waals surface area contributed by atoms with Crippen molar-refractivity contribution in [3.05, 3.63) is 12.2 Å². The minimum absolute atomic E-state index is 0.193. The van der Waals surface area contributed by atoms with Crippen molar-refractivity contribution in [1.29, 1.82) is 0 Å². The van der Waals surface area contributed by atoms with Crippen molar-refractivity contribution in [2.75, 3.05) is 0 Å². The number of carbonyl (C=O) groups is 1. The van der Waals surface area contributed by atoms with Crippen LogP contribution in [0.3, 0.4) is 0 Å². The topological polar surface area (TPSA) is 20.3 Å². The minimum Gasteiger partial charge on any atom is -0.362 e. The second-order valence-electron chi connectivity index (χ2n) is 6.85. The number of nitrogens with zero attached hydrogens (tertiary/aromatic N) is 1. The number of hydrogen-bond acceptors (Lipinski definition) is 1.